The number of nitrogen functional groups attached to an aromatic ring is 1. The molecule has 0 aliphatic carbocycles. The van der Waals surface area contributed by atoms with Gasteiger partial charge < -0.3 is 9.32 Å². The van der Waals surface area contributed by atoms with E-state index in [1.807, 2.05) is 6.92 Å². The summed E-state index contributed by atoms with van der Waals surface area (Å²) < 4.78 is 5.46. The molecule has 3 N–H and O–H groups in total. The Hall–Kier alpha value is -1.37. The van der Waals surface area contributed by atoms with Crippen LogP contribution in [0, 0.1) is 6.92 Å². The minimum atomic E-state index is -0.384. The second kappa shape index (κ2) is 6.39. The van der Waals surface area contributed by atoms with Crippen LogP contribution in [0.3, 0.4) is 0 Å². The monoisotopic (exact) mass is 280 g/mol. The molecule has 20 heavy (non-hydrogen) atoms. The number of aryl methyl sites for hydroxylation is 1. The van der Waals surface area contributed by atoms with Gasteiger partial charge in [0.2, 0.25) is 0 Å². The van der Waals surface area contributed by atoms with Crippen LogP contribution in [-0.2, 0) is 6.54 Å². The lowest BCUT2D eigenvalue weighted by Crippen LogP contribution is -2.37. The number of hydrogen-bond acceptors (Lipinski definition) is 5. The maximum Gasteiger partial charge on any atom is 0.300 e. The summed E-state index contributed by atoms with van der Waals surface area (Å²) in [5.41, 5.74) is 3.16. The van der Waals surface area contributed by atoms with Gasteiger partial charge in [0.15, 0.2) is 5.76 Å². The summed E-state index contributed by atoms with van der Waals surface area (Å²) in [4.78, 5) is 16.2. The average molecular weight is 280 g/mol. The molecule has 6 heteroatoms. The fraction of sp³-hybridized carbons (Fsp3) is 0.643. The van der Waals surface area contributed by atoms with E-state index in [9.17, 15) is 4.79 Å². The van der Waals surface area contributed by atoms with Gasteiger partial charge in [-0.15, -0.1) is 0 Å². The van der Waals surface area contributed by atoms with Gasteiger partial charge in [0.1, 0.15) is 5.76 Å². The Morgan fingerprint density at radius 3 is 3.00 bits per heavy atom. The van der Waals surface area contributed by atoms with E-state index < -0.39 is 0 Å². The van der Waals surface area contributed by atoms with Gasteiger partial charge in [-0.25, -0.2) is 5.84 Å². The molecule has 1 aliphatic rings. The third-order valence-electron chi connectivity index (χ3n) is 3.82. The predicted octanol–water partition coefficient (Wildman–Crippen LogP) is 0.718. The Labute approximate surface area is 119 Å². The quantitative estimate of drug-likeness (QED) is 0.472. The molecule has 0 radical (unpaired) electrons. The maximum atomic E-state index is 11.5. The van der Waals surface area contributed by atoms with Crippen LogP contribution >= 0.6 is 0 Å². The zero-order valence-corrected chi connectivity index (χ0v) is 12.5. The normalized spacial score (nSPS) is 19.8. The van der Waals surface area contributed by atoms with Crippen molar-refractivity contribution in [3.05, 3.63) is 23.2 Å². The molecule has 0 spiro atoms. The van der Waals surface area contributed by atoms with Gasteiger partial charge in [-0.05, 0) is 46.5 Å². The molecular weight excluding hydrogens is 256 g/mol. The SMILES string of the molecule is Cc1oc(C(=O)NN)cc1CN1CCCC1CN(C)C. The maximum absolute atomic E-state index is 11.5. The molecule has 112 valence electrons. The highest BCUT2D eigenvalue weighted by Crippen LogP contribution is 2.23. The molecule has 0 aromatic carbocycles. The highest BCUT2D eigenvalue weighted by atomic mass is 16.4. The number of carbonyl (C=O) groups is 1. The van der Waals surface area contributed by atoms with Gasteiger partial charge in [-0.3, -0.25) is 15.1 Å². The smallest absolute Gasteiger partial charge is 0.300 e. The second-order valence-corrected chi connectivity index (χ2v) is 5.69. The number of likely N-dealkylation sites (tertiary alicyclic amines) is 1. The van der Waals surface area contributed by atoms with E-state index in [2.05, 4.69) is 29.3 Å². The summed E-state index contributed by atoms with van der Waals surface area (Å²) in [5, 5.41) is 0. The molecule has 6 nitrogen and oxygen atoms in total. The first-order chi connectivity index (χ1) is 9.51. The van der Waals surface area contributed by atoms with Crippen LogP contribution in [0.1, 0.15) is 34.7 Å². The first-order valence-corrected chi connectivity index (χ1v) is 7.00. The number of likely N-dealkylation sites (N-methyl/N-ethyl adjacent to an activating group) is 1. The van der Waals surface area contributed by atoms with Crippen LogP contribution in [0.25, 0.3) is 0 Å². The predicted molar refractivity (Wildman–Crippen MR) is 77.1 cm³/mol. The van der Waals surface area contributed by atoms with Crippen molar-refractivity contribution in [2.24, 2.45) is 5.84 Å². The van der Waals surface area contributed by atoms with Crippen LogP contribution in [0.4, 0.5) is 0 Å². The van der Waals surface area contributed by atoms with E-state index in [0.29, 0.717) is 6.04 Å². The number of nitrogens with two attached hydrogens (primary N) is 1. The number of hydrogen-bond donors (Lipinski definition) is 2. The summed E-state index contributed by atoms with van der Waals surface area (Å²) in [5.74, 6) is 5.82. The first kappa shape index (κ1) is 15.0. The van der Waals surface area contributed by atoms with Gasteiger partial charge in [-0.1, -0.05) is 0 Å². The summed E-state index contributed by atoms with van der Waals surface area (Å²) in [6.07, 6.45) is 2.46. The number of rotatable bonds is 5. The Morgan fingerprint density at radius 1 is 1.60 bits per heavy atom. The van der Waals surface area contributed by atoms with E-state index in [-0.39, 0.29) is 11.7 Å². The Bertz CT molecular complexity index is 470. The lowest BCUT2D eigenvalue weighted by Gasteiger charge is -2.26. The fourth-order valence-electron chi connectivity index (χ4n) is 2.81. The van der Waals surface area contributed by atoms with Gasteiger partial charge in [0, 0.05) is 24.7 Å². The van der Waals surface area contributed by atoms with Crippen molar-refractivity contribution in [2.75, 3.05) is 27.2 Å². The van der Waals surface area contributed by atoms with Crippen molar-refractivity contribution >= 4 is 5.91 Å². The molecule has 1 unspecified atom stereocenters. The standard InChI is InChI=1S/C14H24N4O2/c1-10-11(7-13(20-10)14(19)16-15)8-18-6-4-5-12(18)9-17(2)3/h7,12H,4-6,8-9,15H2,1-3H3,(H,16,19). The van der Waals surface area contributed by atoms with E-state index in [4.69, 9.17) is 10.3 Å². The number of nitrogens with zero attached hydrogens (tertiary/aromatic N) is 2. The van der Waals surface area contributed by atoms with Crippen molar-refractivity contribution in [1.29, 1.82) is 0 Å². The van der Waals surface area contributed by atoms with E-state index in [0.717, 1.165) is 31.0 Å². The summed E-state index contributed by atoms with van der Waals surface area (Å²) in [6, 6.07) is 2.37. The molecular formula is C14H24N4O2. The number of carbonyl (C=O) groups excluding carboxylic acids is 1. The van der Waals surface area contributed by atoms with Crippen molar-refractivity contribution in [2.45, 2.75) is 32.4 Å². The molecule has 0 saturated carbocycles. The third kappa shape index (κ3) is 3.39. The molecule has 2 rings (SSSR count). The van der Waals surface area contributed by atoms with E-state index in [1.165, 1.54) is 12.8 Å². The minimum Gasteiger partial charge on any atom is -0.456 e. The largest absolute Gasteiger partial charge is 0.456 e. The molecule has 1 amide bonds. The van der Waals surface area contributed by atoms with Crippen LogP contribution < -0.4 is 11.3 Å². The lowest BCUT2D eigenvalue weighted by molar-refractivity contribution is 0.0924. The van der Waals surface area contributed by atoms with Crippen molar-refractivity contribution < 1.29 is 9.21 Å². The molecule has 1 saturated heterocycles. The number of hydrazine groups is 1. The summed E-state index contributed by atoms with van der Waals surface area (Å²) in [7, 11) is 4.20. The molecule has 1 aromatic heterocycles. The van der Waals surface area contributed by atoms with Crippen molar-refractivity contribution in [3.8, 4) is 0 Å². The second-order valence-electron chi connectivity index (χ2n) is 5.69. The molecule has 1 aliphatic heterocycles. The third-order valence-corrected chi connectivity index (χ3v) is 3.82. The number of furan rings is 1. The molecule has 1 atom stereocenters. The molecule has 2 heterocycles. The molecule has 1 aromatic rings. The first-order valence-electron chi connectivity index (χ1n) is 7.00. The van der Waals surface area contributed by atoms with Gasteiger partial charge >= 0.3 is 5.91 Å². The van der Waals surface area contributed by atoms with Gasteiger partial charge in [0.05, 0.1) is 0 Å². The fourth-order valence-corrected chi connectivity index (χ4v) is 2.81. The van der Waals surface area contributed by atoms with Crippen molar-refractivity contribution in [3.63, 3.8) is 0 Å². The molecule has 0 bridgehead atoms. The number of amides is 1. The minimum absolute atomic E-state index is 0.281. The zero-order chi connectivity index (χ0) is 14.7. The van der Waals surface area contributed by atoms with Crippen LogP contribution in [-0.4, -0.2) is 48.9 Å². The van der Waals surface area contributed by atoms with Gasteiger partial charge in [-0.2, -0.15) is 0 Å². The zero-order valence-electron chi connectivity index (χ0n) is 12.5. The van der Waals surface area contributed by atoms with E-state index in [1.54, 1.807) is 6.07 Å². The summed E-state index contributed by atoms with van der Waals surface area (Å²) >= 11 is 0. The Morgan fingerprint density at radius 2 is 2.35 bits per heavy atom. The van der Waals surface area contributed by atoms with Crippen LogP contribution in [0.5, 0.6) is 0 Å². The van der Waals surface area contributed by atoms with Crippen LogP contribution in [0.15, 0.2) is 10.5 Å². The van der Waals surface area contributed by atoms with Crippen molar-refractivity contribution in [1.82, 2.24) is 15.2 Å². The van der Waals surface area contributed by atoms with E-state index >= 15 is 0 Å². The molecule has 1 fully saturated rings. The lowest BCUT2D eigenvalue weighted by atomic mass is 10.2. The Balaban J connectivity index is 2.05. The van der Waals surface area contributed by atoms with Gasteiger partial charge in [0.25, 0.3) is 0 Å². The summed E-state index contributed by atoms with van der Waals surface area (Å²) in [6.45, 7) is 4.87. The topological polar surface area (TPSA) is 74.7 Å². The highest BCUT2D eigenvalue weighted by Gasteiger charge is 2.26. The average Bonchev–Trinajstić information content (AvgIpc) is 2.97. The van der Waals surface area contributed by atoms with Crippen LogP contribution in [0.2, 0.25) is 0 Å². The highest BCUT2D eigenvalue weighted by molar-refractivity contribution is 5.91. The number of nitrogens with one attached hydrogen (secondary N) is 1. The Kier molecular flexibility index (Phi) is 4.80.